The number of carbonyl (C=O) groups is 1. The molecule has 0 spiro atoms. The summed E-state index contributed by atoms with van der Waals surface area (Å²) in [5, 5.41) is 13.7. The van der Waals surface area contributed by atoms with E-state index in [0.717, 1.165) is 0 Å². The largest absolute Gasteiger partial charge is 0.503 e. The van der Waals surface area contributed by atoms with Crippen LogP contribution in [-0.4, -0.2) is 24.3 Å². The predicted octanol–water partition coefficient (Wildman–Crippen LogP) is 2.51. The van der Waals surface area contributed by atoms with Crippen molar-refractivity contribution in [2.75, 3.05) is 12.8 Å². The number of nitrogens with zero attached hydrogens (tertiary/aromatic N) is 1. The van der Waals surface area contributed by atoms with Crippen molar-refractivity contribution in [2.45, 2.75) is 0 Å². The lowest BCUT2D eigenvalue weighted by atomic mass is 10.2. The number of carbonyl (C=O) groups excluding carboxylic acids is 1. The summed E-state index contributed by atoms with van der Waals surface area (Å²) in [6.07, 6.45) is 1.42. The highest BCUT2D eigenvalue weighted by Gasteiger charge is 2.09. The van der Waals surface area contributed by atoms with Gasteiger partial charge in [-0.25, -0.2) is 5.43 Å². The first-order valence-electron chi connectivity index (χ1n) is 6.27. The number of aromatic hydroxyl groups is 1. The average molecular weight is 364 g/mol. The van der Waals surface area contributed by atoms with Gasteiger partial charge >= 0.3 is 0 Å². The third kappa shape index (κ3) is 3.56. The summed E-state index contributed by atoms with van der Waals surface area (Å²) < 4.78 is 5.41. The molecule has 22 heavy (non-hydrogen) atoms. The van der Waals surface area contributed by atoms with E-state index in [2.05, 4.69) is 26.5 Å². The molecule has 2 rings (SSSR count). The van der Waals surface area contributed by atoms with Crippen LogP contribution >= 0.6 is 15.9 Å². The molecule has 0 bridgehead atoms. The van der Waals surface area contributed by atoms with Gasteiger partial charge in [-0.2, -0.15) is 5.10 Å². The maximum atomic E-state index is 11.9. The van der Waals surface area contributed by atoms with Crippen LogP contribution in [0.4, 0.5) is 5.69 Å². The average Bonchev–Trinajstić information content (AvgIpc) is 2.52. The van der Waals surface area contributed by atoms with Crippen molar-refractivity contribution < 1.29 is 14.6 Å². The molecular weight excluding hydrogens is 350 g/mol. The van der Waals surface area contributed by atoms with Gasteiger partial charge in [-0.1, -0.05) is 0 Å². The molecule has 1 amide bonds. The summed E-state index contributed by atoms with van der Waals surface area (Å²) in [5.74, 6) is -0.0450. The second-order valence-corrected chi connectivity index (χ2v) is 5.13. The van der Waals surface area contributed by atoms with Gasteiger partial charge in [0, 0.05) is 16.8 Å². The van der Waals surface area contributed by atoms with E-state index in [0.29, 0.717) is 27.0 Å². The van der Waals surface area contributed by atoms with E-state index < -0.39 is 0 Å². The fraction of sp³-hybridized carbons (Fsp3) is 0.0667. The number of nitrogens with two attached hydrogens (primary N) is 1. The van der Waals surface area contributed by atoms with Crippen LogP contribution in [0.25, 0.3) is 0 Å². The number of phenols is 1. The molecule has 6 nitrogen and oxygen atoms in total. The van der Waals surface area contributed by atoms with E-state index in [1.54, 1.807) is 36.4 Å². The number of benzene rings is 2. The van der Waals surface area contributed by atoms with Crippen molar-refractivity contribution in [3.8, 4) is 11.5 Å². The van der Waals surface area contributed by atoms with E-state index in [1.165, 1.54) is 13.3 Å². The van der Waals surface area contributed by atoms with Gasteiger partial charge in [-0.15, -0.1) is 0 Å². The second-order valence-electron chi connectivity index (χ2n) is 4.34. The standard InChI is InChI=1S/C15H14BrN3O3/c1-22-12-7-4-10(13(16)14(12)20)8-18-19-15(21)9-2-5-11(17)6-3-9/h2-8,20H,17H2,1H3,(H,19,21)/b18-8-. The molecule has 0 saturated heterocycles. The Morgan fingerprint density at radius 2 is 2.00 bits per heavy atom. The third-order valence-electron chi connectivity index (χ3n) is 2.87. The normalized spacial score (nSPS) is 10.6. The number of nitrogens with one attached hydrogen (secondary N) is 1. The van der Waals surface area contributed by atoms with Crippen molar-refractivity contribution in [3.05, 3.63) is 52.0 Å². The first kappa shape index (κ1) is 15.8. The minimum Gasteiger partial charge on any atom is -0.503 e. The number of methoxy groups -OCH3 is 1. The summed E-state index contributed by atoms with van der Waals surface area (Å²) in [7, 11) is 1.46. The quantitative estimate of drug-likeness (QED) is 0.441. The van der Waals surface area contributed by atoms with Gasteiger partial charge in [0.25, 0.3) is 5.91 Å². The fourth-order valence-corrected chi connectivity index (χ4v) is 2.12. The van der Waals surface area contributed by atoms with Gasteiger partial charge in [0.15, 0.2) is 11.5 Å². The topological polar surface area (TPSA) is 96.9 Å². The maximum Gasteiger partial charge on any atom is 0.271 e. The van der Waals surface area contributed by atoms with Crippen LogP contribution in [0.15, 0.2) is 46.0 Å². The number of anilines is 1. The van der Waals surface area contributed by atoms with Crippen molar-refractivity contribution in [1.29, 1.82) is 0 Å². The maximum absolute atomic E-state index is 11.9. The first-order chi connectivity index (χ1) is 10.5. The molecule has 2 aromatic rings. The smallest absolute Gasteiger partial charge is 0.271 e. The van der Waals surface area contributed by atoms with Crippen LogP contribution in [0.3, 0.4) is 0 Å². The van der Waals surface area contributed by atoms with E-state index in [-0.39, 0.29) is 11.7 Å². The lowest BCUT2D eigenvalue weighted by Crippen LogP contribution is -2.17. The van der Waals surface area contributed by atoms with Crippen LogP contribution in [0.5, 0.6) is 11.5 Å². The molecule has 0 heterocycles. The molecule has 0 fully saturated rings. The van der Waals surface area contributed by atoms with E-state index in [9.17, 15) is 9.90 Å². The number of nitrogen functional groups attached to an aromatic ring is 1. The molecule has 0 radical (unpaired) electrons. The summed E-state index contributed by atoms with van der Waals surface area (Å²) in [6, 6.07) is 9.78. The van der Waals surface area contributed by atoms with Crippen LogP contribution in [0, 0.1) is 0 Å². The van der Waals surface area contributed by atoms with Gasteiger partial charge in [0.2, 0.25) is 0 Å². The number of rotatable bonds is 4. The Morgan fingerprint density at radius 3 is 2.64 bits per heavy atom. The van der Waals surface area contributed by atoms with Gasteiger partial charge in [-0.3, -0.25) is 4.79 Å². The van der Waals surface area contributed by atoms with Crippen molar-refractivity contribution in [3.63, 3.8) is 0 Å². The molecule has 2 aromatic carbocycles. The number of amides is 1. The number of ether oxygens (including phenoxy) is 1. The zero-order valence-electron chi connectivity index (χ0n) is 11.7. The monoisotopic (exact) mass is 363 g/mol. The van der Waals surface area contributed by atoms with E-state index in [4.69, 9.17) is 10.5 Å². The molecule has 7 heteroatoms. The highest BCUT2D eigenvalue weighted by atomic mass is 79.9. The molecule has 0 aliphatic rings. The van der Waals surface area contributed by atoms with Gasteiger partial charge in [-0.05, 0) is 52.3 Å². The van der Waals surface area contributed by atoms with Crippen molar-refractivity contribution in [2.24, 2.45) is 5.10 Å². The lowest BCUT2D eigenvalue weighted by Gasteiger charge is -2.07. The molecule has 0 atom stereocenters. The number of hydrazone groups is 1. The first-order valence-corrected chi connectivity index (χ1v) is 7.06. The molecule has 4 N–H and O–H groups in total. The molecule has 0 aliphatic heterocycles. The zero-order valence-corrected chi connectivity index (χ0v) is 13.3. The lowest BCUT2D eigenvalue weighted by molar-refractivity contribution is 0.0955. The van der Waals surface area contributed by atoms with Crippen LogP contribution < -0.4 is 15.9 Å². The number of hydrogen-bond donors (Lipinski definition) is 3. The van der Waals surface area contributed by atoms with Gasteiger partial charge in [0.1, 0.15) is 0 Å². The van der Waals surface area contributed by atoms with Crippen molar-refractivity contribution in [1.82, 2.24) is 5.43 Å². The molecule has 114 valence electrons. The van der Waals surface area contributed by atoms with Gasteiger partial charge < -0.3 is 15.6 Å². The Kier molecular flexibility index (Phi) is 5.00. The summed E-state index contributed by atoms with van der Waals surface area (Å²) in [5.41, 5.74) is 9.58. The summed E-state index contributed by atoms with van der Waals surface area (Å²) in [4.78, 5) is 11.9. The Labute approximate surface area is 135 Å². The molecule has 0 aromatic heterocycles. The van der Waals surface area contributed by atoms with Crippen LogP contribution in [0.2, 0.25) is 0 Å². The zero-order chi connectivity index (χ0) is 16.1. The van der Waals surface area contributed by atoms with E-state index in [1.807, 2.05) is 0 Å². The Bertz CT molecular complexity index is 715. The molecule has 0 saturated carbocycles. The third-order valence-corrected chi connectivity index (χ3v) is 3.70. The minimum absolute atomic E-state index is 0.0312. The summed E-state index contributed by atoms with van der Waals surface area (Å²) in [6.45, 7) is 0. The van der Waals surface area contributed by atoms with E-state index >= 15 is 0 Å². The van der Waals surface area contributed by atoms with Crippen molar-refractivity contribution >= 4 is 33.7 Å². The van der Waals surface area contributed by atoms with Crippen LogP contribution in [-0.2, 0) is 0 Å². The van der Waals surface area contributed by atoms with Crippen LogP contribution in [0.1, 0.15) is 15.9 Å². The highest BCUT2D eigenvalue weighted by molar-refractivity contribution is 9.10. The molecule has 0 aliphatic carbocycles. The number of phenolic OH excluding ortho intramolecular Hbond substituents is 1. The second kappa shape index (κ2) is 6.95. The Morgan fingerprint density at radius 1 is 1.32 bits per heavy atom. The highest BCUT2D eigenvalue weighted by Crippen LogP contribution is 2.35. The molecular formula is C15H14BrN3O3. The minimum atomic E-state index is -0.356. The fourth-order valence-electron chi connectivity index (χ4n) is 1.69. The van der Waals surface area contributed by atoms with Gasteiger partial charge in [0.05, 0.1) is 17.8 Å². The molecule has 0 unspecified atom stereocenters. The SMILES string of the molecule is COc1ccc(/C=N\NC(=O)c2ccc(N)cc2)c(Br)c1O. The summed E-state index contributed by atoms with van der Waals surface area (Å²) >= 11 is 3.24. The number of halogens is 1. The Hall–Kier alpha value is -2.54. The Balaban J connectivity index is 2.08. The predicted molar refractivity (Wildman–Crippen MR) is 88.3 cm³/mol. The number of hydrogen-bond acceptors (Lipinski definition) is 5.